The lowest BCUT2D eigenvalue weighted by molar-refractivity contribution is 0.0613. The van der Waals surface area contributed by atoms with Crippen LogP contribution in [0.15, 0.2) is 54.6 Å². The van der Waals surface area contributed by atoms with Gasteiger partial charge in [-0.25, -0.2) is 4.79 Å². The van der Waals surface area contributed by atoms with E-state index in [-0.39, 0.29) is 42.1 Å². The second-order valence-corrected chi connectivity index (χ2v) is 7.82. The zero-order valence-electron chi connectivity index (χ0n) is 17.7. The van der Waals surface area contributed by atoms with E-state index in [1.165, 1.54) is 6.92 Å². The first-order chi connectivity index (χ1) is 16.1. The number of nitrogens with one attached hydrogen (secondary N) is 2. The number of ketones is 1. The Kier molecular flexibility index (Phi) is 5.71. The van der Waals surface area contributed by atoms with Gasteiger partial charge in [-0.05, 0) is 53.7 Å². The first-order valence-electron chi connectivity index (χ1n) is 10.5. The number of Topliss-reactive ketones (excluding diaryl/α,β-unsaturated/α-hetero) is 1. The number of anilines is 1. The second kappa shape index (κ2) is 8.96. The van der Waals surface area contributed by atoms with Crippen LogP contribution in [0.4, 0.5) is 10.5 Å². The largest absolute Gasteiger partial charge is 0.423 e. The van der Waals surface area contributed by atoms with E-state index in [1.807, 2.05) is 30.3 Å². The number of nitrogens with zero attached hydrogens (tertiary/aromatic N) is 4. The fourth-order valence-electron chi connectivity index (χ4n) is 3.99. The number of carbonyl (C=O) groups is 2. The van der Waals surface area contributed by atoms with Gasteiger partial charge >= 0.3 is 12.0 Å². The van der Waals surface area contributed by atoms with E-state index < -0.39 is 0 Å². The van der Waals surface area contributed by atoms with Crippen molar-refractivity contribution in [3.8, 4) is 11.8 Å². The van der Waals surface area contributed by atoms with Gasteiger partial charge in [-0.2, -0.15) is 4.68 Å². The molecule has 2 N–H and O–H groups in total. The molecule has 1 aromatic heterocycles. The highest BCUT2D eigenvalue weighted by Gasteiger charge is 2.50. The summed E-state index contributed by atoms with van der Waals surface area (Å²) in [4.78, 5) is 23.9. The number of fused-ring (bicyclic) bond motifs is 1. The molecule has 3 aromatic rings. The Hall–Kier alpha value is -3.83. The summed E-state index contributed by atoms with van der Waals surface area (Å²) in [6.07, 6.45) is -0.693. The van der Waals surface area contributed by atoms with Crippen LogP contribution in [-0.4, -0.2) is 63.5 Å². The lowest BCUT2D eigenvalue weighted by Crippen LogP contribution is -2.45. The Morgan fingerprint density at radius 3 is 2.55 bits per heavy atom. The number of hydrogen-bond acceptors (Lipinski definition) is 8. The predicted molar refractivity (Wildman–Crippen MR) is 115 cm³/mol. The molecule has 2 fully saturated rings. The molecule has 2 aliphatic rings. The lowest BCUT2D eigenvalue weighted by Gasteiger charge is -2.18. The molecule has 2 aromatic carbocycles. The van der Waals surface area contributed by atoms with Gasteiger partial charge in [-0.3, -0.25) is 4.79 Å². The molecule has 4 atom stereocenters. The van der Waals surface area contributed by atoms with Gasteiger partial charge in [-0.15, -0.1) is 0 Å². The molecule has 0 radical (unpaired) electrons. The summed E-state index contributed by atoms with van der Waals surface area (Å²) in [5, 5.41) is 17.4. The Morgan fingerprint density at radius 2 is 1.79 bits per heavy atom. The van der Waals surface area contributed by atoms with Crippen LogP contribution in [0.2, 0.25) is 0 Å². The number of rotatable bonds is 6. The van der Waals surface area contributed by atoms with E-state index in [4.69, 9.17) is 14.2 Å². The van der Waals surface area contributed by atoms with Crippen LogP contribution in [0.1, 0.15) is 23.3 Å². The number of urea groups is 1. The maximum absolute atomic E-state index is 12.5. The van der Waals surface area contributed by atoms with Crippen molar-refractivity contribution in [2.24, 2.45) is 0 Å². The summed E-state index contributed by atoms with van der Waals surface area (Å²) in [5.41, 5.74) is 1.16. The van der Waals surface area contributed by atoms with Crippen molar-refractivity contribution in [2.75, 3.05) is 18.5 Å². The Morgan fingerprint density at radius 1 is 1.03 bits per heavy atom. The van der Waals surface area contributed by atoms with Gasteiger partial charge in [-0.1, -0.05) is 23.3 Å². The van der Waals surface area contributed by atoms with E-state index in [0.29, 0.717) is 30.2 Å². The molecule has 0 bridgehead atoms. The molecule has 11 nitrogen and oxygen atoms in total. The molecule has 3 heterocycles. The van der Waals surface area contributed by atoms with Gasteiger partial charge in [0.25, 0.3) is 0 Å². The molecule has 170 valence electrons. The summed E-state index contributed by atoms with van der Waals surface area (Å²) >= 11 is 0. The minimum absolute atomic E-state index is 0.0343. The Bertz CT molecular complexity index is 1140. The van der Waals surface area contributed by atoms with Crippen LogP contribution >= 0.6 is 0 Å². The monoisotopic (exact) mass is 450 g/mol. The fraction of sp³-hybridized carbons (Fsp3) is 0.318. The van der Waals surface area contributed by atoms with Gasteiger partial charge in [0, 0.05) is 11.3 Å². The van der Waals surface area contributed by atoms with E-state index in [1.54, 1.807) is 28.9 Å². The van der Waals surface area contributed by atoms with Crippen molar-refractivity contribution in [3.05, 3.63) is 60.2 Å². The second-order valence-electron chi connectivity index (χ2n) is 7.82. The van der Waals surface area contributed by atoms with Crippen molar-refractivity contribution in [3.63, 3.8) is 0 Å². The number of benzene rings is 2. The zero-order valence-corrected chi connectivity index (χ0v) is 17.7. The van der Waals surface area contributed by atoms with Crippen LogP contribution in [0.5, 0.6) is 11.8 Å². The number of aromatic nitrogens is 4. The van der Waals surface area contributed by atoms with Gasteiger partial charge in [0.05, 0.1) is 19.3 Å². The molecule has 0 saturated carbocycles. The SMILES string of the molecule is CC(=O)c1ccc(NC(=O)N[C@H]2CO[C@H]3[C@@H]2OC[C@@H]3n2nnnc2Oc2ccccc2)cc1. The Labute approximate surface area is 189 Å². The molecule has 11 heteroatoms. The molecular formula is C22H22N6O5. The van der Waals surface area contributed by atoms with Crippen LogP contribution in [0.25, 0.3) is 0 Å². The lowest BCUT2D eigenvalue weighted by atomic mass is 10.1. The van der Waals surface area contributed by atoms with Crippen molar-refractivity contribution >= 4 is 17.5 Å². The average molecular weight is 450 g/mol. The number of amides is 2. The quantitative estimate of drug-likeness (QED) is 0.547. The molecule has 2 saturated heterocycles. The molecule has 0 spiro atoms. The summed E-state index contributed by atoms with van der Waals surface area (Å²) in [5.74, 6) is 0.580. The van der Waals surface area contributed by atoms with Crippen molar-refractivity contribution in [2.45, 2.75) is 31.2 Å². The van der Waals surface area contributed by atoms with Gasteiger partial charge < -0.3 is 24.8 Å². The zero-order chi connectivity index (χ0) is 22.8. The van der Waals surface area contributed by atoms with Crippen LogP contribution in [0, 0.1) is 0 Å². The average Bonchev–Trinajstić information content (AvgIpc) is 3.53. The van der Waals surface area contributed by atoms with Crippen LogP contribution in [-0.2, 0) is 9.47 Å². The minimum atomic E-state index is -0.387. The number of ether oxygens (including phenoxy) is 3. The normalized spacial score (nSPS) is 23.7. The highest BCUT2D eigenvalue weighted by Crippen LogP contribution is 2.36. The third kappa shape index (κ3) is 4.41. The number of carbonyl (C=O) groups excluding carboxylic acids is 2. The smallest absolute Gasteiger partial charge is 0.341 e. The standard InChI is InChI=1S/C22H22N6O5/c1-13(29)14-7-9-15(10-8-14)23-21(30)24-17-11-31-20-18(12-32-19(17)20)28-22(25-26-27-28)33-16-5-3-2-4-6-16/h2-10,17-20H,11-12H2,1H3,(H2,23,24,30)/t17-,18-,19+,20+/m0/s1. The van der Waals surface area contributed by atoms with E-state index in [0.717, 1.165) is 0 Å². The summed E-state index contributed by atoms with van der Waals surface area (Å²) < 4.78 is 19.3. The molecule has 33 heavy (non-hydrogen) atoms. The highest BCUT2D eigenvalue weighted by atomic mass is 16.6. The van der Waals surface area contributed by atoms with E-state index >= 15 is 0 Å². The van der Waals surface area contributed by atoms with E-state index in [9.17, 15) is 9.59 Å². The topological polar surface area (TPSA) is 129 Å². The number of hydrogen-bond donors (Lipinski definition) is 2. The maximum Gasteiger partial charge on any atom is 0.341 e. The van der Waals surface area contributed by atoms with Crippen molar-refractivity contribution in [1.82, 2.24) is 25.5 Å². The molecule has 0 aliphatic carbocycles. The highest BCUT2D eigenvalue weighted by molar-refractivity contribution is 5.95. The predicted octanol–water partition coefficient (Wildman–Crippen LogP) is 2.20. The maximum atomic E-state index is 12.5. The first kappa shape index (κ1) is 21.0. The number of para-hydroxylation sites is 1. The Balaban J connectivity index is 1.21. The van der Waals surface area contributed by atoms with Crippen molar-refractivity contribution in [1.29, 1.82) is 0 Å². The third-order valence-electron chi connectivity index (χ3n) is 5.62. The molecule has 5 rings (SSSR count). The van der Waals surface area contributed by atoms with Gasteiger partial charge in [0.15, 0.2) is 5.78 Å². The molecule has 2 amide bonds. The molecule has 2 aliphatic heterocycles. The third-order valence-corrected chi connectivity index (χ3v) is 5.62. The van der Waals surface area contributed by atoms with Crippen LogP contribution < -0.4 is 15.4 Å². The summed E-state index contributed by atoms with van der Waals surface area (Å²) in [6, 6.07) is 15.1. The van der Waals surface area contributed by atoms with Crippen molar-refractivity contribution < 1.29 is 23.8 Å². The first-order valence-corrected chi connectivity index (χ1v) is 10.5. The van der Waals surface area contributed by atoms with E-state index in [2.05, 4.69) is 26.2 Å². The summed E-state index contributed by atoms with van der Waals surface area (Å²) in [6.45, 7) is 2.10. The van der Waals surface area contributed by atoms with Crippen LogP contribution in [0.3, 0.4) is 0 Å². The minimum Gasteiger partial charge on any atom is -0.423 e. The summed E-state index contributed by atoms with van der Waals surface area (Å²) in [7, 11) is 0. The molecule has 0 unspecified atom stereocenters. The fourth-order valence-corrected chi connectivity index (χ4v) is 3.99. The number of tetrazole rings is 1. The van der Waals surface area contributed by atoms with Gasteiger partial charge in [0.1, 0.15) is 24.0 Å². The van der Waals surface area contributed by atoms with Gasteiger partial charge in [0.2, 0.25) is 0 Å². The molecular weight excluding hydrogens is 428 g/mol.